The van der Waals surface area contributed by atoms with Crippen LogP contribution in [0, 0.1) is 0 Å². The van der Waals surface area contributed by atoms with Gasteiger partial charge in [-0.25, -0.2) is 9.78 Å². The molecule has 1 aromatic heterocycles. The average Bonchev–Trinajstić information content (AvgIpc) is 2.73. The number of carbonyl (C=O) groups excluding carboxylic acids is 1. The van der Waals surface area contributed by atoms with Gasteiger partial charge in [0.15, 0.2) is 16.6 Å². The quantitative estimate of drug-likeness (QED) is 0.791. The maximum absolute atomic E-state index is 11.4. The number of ketones is 1. The van der Waals surface area contributed by atoms with E-state index in [9.17, 15) is 9.59 Å². The summed E-state index contributed by atoms with van der Waals surface area (Å²) in [5.74, 6) is -1.47. The molecule has 7 heteroatoms. The smallest absolute Gasteiger partial charge is 0.356 e. The molecule has 1 unspecified atom stereocenters. The Morgan fingerprint density at radius 1 is 1.56 bits per heavy atom. The van der Waals surface area contributed by atoms with Gasteiger partial charge >= 0.3 is 5.97 Å². The molecule has 6 nitrogen and oxygen atoms in total. The third-order valence-corrected chi connectivity index (χ3v) is 3.76. The number of aromatic carboxylic acids is 1. The van der Waals surface area contributed by atoms with E-state index in [1.54, 1.807) is 19.1 Å². The second-order valence-electron chi connectivity index (χ2n) is 3.95. The number of thiazole rings is 1. The molecule has 18 heavy (non-hydrogen) atoms. The number of rotatable bonds is 6. The highest BCUT2D eigenvalue weighted by atomic mass is 32.1. The van der Waals surface area contributed by atoms with Crippen molar-refractivity contribution in [3.05, 3.63) is 10.6 Å². The van der Waals surface area contributed by atoms with Crippen LogP contribution in [0.2, 0.25) is 0 Å². The van der Waals surface area contributed by atoms with E-state index in [4.69, 9.17) is 9.84 Å². The van der Waals surface area contributed by atoms with Crippen molar-refractivity contribution in [2.24, 2.45) is 0 Å². The molecule has 1 N–H and O–H groups in total. The minimum Gasteiger partial charge on any atom is -0.476 e. The number of Topliss-reactive ketones (excluding diaryl/α,β-unsaturated/α-hetero) is 1. The zero-order valence-electron chi connectivity index (χ0n) is 10.8. The maximum atomic E-state index is 11.4. The number of anilines is 1. The first-order chi connectivity index (χ1) is 8.38. The van der Waals surface area contributed by atoms with E-state index < -0.39 is 5.97 Å². The Morgan fingerprint density at radius 2 is 2.17 bits per heavy atom. The van der Waals surface area contributed by atoms with Gasteiger partial charge in [-0.2, -0.15) is 0 Å². The van der Waals surface area contributed by atoms with Crippen molar-refractivity contribution in [2.45, 2.75) is 19.9 Å². The lowest BCUT2D eigenvalue weighted by Gasteiger charge is -2.23. The van der Waals surface area contributed by atoms with Crippen LogP contribution in [0.1, 0.15) is 34.0 Å². The molecule has 100 valence electrons. The summed E-state index contributed by atoms with van der Waals surface area (Å²) in [5, 5.41) is 9.50. The number of carbonyl (C=O) groups is 2. The molecule has 0 spiro atoms. The molecule has 0 amide bonds. The molecule has 1 heterocycles. The monoisotopic (exact) mass is 272 g/mol. The number of hydrogen-bond donors (Lipinski definition) is 1. The fraction of sp³-hybridized carbons (Fsp3) is 0.545. The molecule has 1 rings (SSSR count). The highest BCUT2D eigenvalue weighted by Gasteiger charge is 2.23. The molecular formula is C11H16N2O4S. The van der Waals surface area contributed by atoms with Crippen LogP contribution in [0.3, 0.4) is 0 Å². The van der Waals surface area contributed by atoms with Crippen molar-refractivity contribution in [2.75, 3.05) is 25.7 Å². The largest absolute Gasteiger partial charge is 0.476 e. The number of ether oxygens (including phenoxy) is 1. The summed E-state index contributed by atoms with van der Waals surface area (Å²) >= 11 is 1.09. The topological polar surface area (TPSA) is 79.7 Å². The lowest BCUT2D eigenvalue weighted by Crippen LogP contribution is -2.32. The van der Waals surface area contributed by atoms with Crippen molar-refractivity contribution in [3.8, 4) is 0 Å². The first kappa shape index (κ1) is 14.6. The summed E-state index contributed by atoms with van der Waals surface area (Å²) in [5.41, 5.74) is -0.182. The summed E-state index contributed by atoms with van der Waals surface area (Å²) < 4.78 is 5.03. The van der Waals surface area contributed by atoms with Gasteiger partial charge in [-0.3, -0.25) is 4.79 Å². The molecule has 0 fully saturated rings. The standard InChI is InChI=1S/C11H16N2O4S/c1-6(5-17-4)13(3)11-12-8(10(15)16)9(18-11)7(2)14/h6H,5H2,1-4H3,(H,15,16). The lowest BCUT2D eigenvalue weighted by atomic mass is 10.3. The van der Waals surface area contributed by atoms with Crippen LogP contribution >= 0.6 is 11.3 Å². The Labute approximate surface area is 109 Å². The molecule has 0 saturated heterocycles. The van der Waals surface area contributed by atoms with Gasteiger partial charge in [0.2, 0.25) is 0 Å². The molecule has 0 saturated carbocycles. The Balaban J connectivity index is 3.08. The molecule has 0 aliphatic carbocycles. The van der Waals surface area contributed by atoms with E-state index >= 15 is 0 Å². The zero-order chi connectivity index (χ0) is 13.9. The van der Waals surface area contributed by atoms with Crippen molar-refractivity contribution in [3.63, 3.8) is 0 Å². The van der Waals surface area contributed by atoms with Gasteiger partial charge in [-0.05, 0) is 6.92 Å². The maximum Gasteiger partial charge on any atom is 0.356 e. The highest BCUT2D eigenvalue weighted by Crippen LogP contribution is 2.27. The number of nitrogens with zero attached hydrogens (tertiary/aromatic N) is 2. The average molecular weight is 272 g/mol. The van der Waals surface area contributed by atoms with Crippen molar-refractivity contribution >= 4 is 28.2 Å². The fourth-order valence-electron chi connectivity index (χ4n) is 1.38. The summed E-state index contributed by atoms with van der Waals surface area (Å²) in [6.45, 7) is 3.76. The van der Waals surface area contributed by atoms with Gasteiger partial charge < -0.3 is 14.7 Å². The number of carboxylic acids is 1. The third-order valence-electron chi connectivity index (χ3n) is 2.51. The van der Waals surface area contributed by atoms with Crippen molar-refractivity contribution in [1.82, 2.24) is 4.98 Å². The van der Waals surface area contributed by atoms with Gasteiger partial charge in [0.05, 0.1) is 12.6 Å². The normalized spacial score (nSPS) is 12.2. The fourth-order valence-corrected chi connectivity index (χ4v) is 2.40. The van der Waals surface area contributed by atoms with Crippen molar-refractivity contribution < 1.29 is 19.4 Å². The van der Waals surface area contributed by atoms with E-state index in [1.165, 1.54) is 6.92 Å². The van der Waals surface area contributed by atoms with Crippen molar-refractivity contribution in [1.29, 1.82) is 0 Å². The van der Waals surface area contributed by atoms with E-state index in [0.29, 0.717) is 11.7 Å². The highest BCUT2D eigenvalue weighted by molar-refractivity contribution is 7.17. The first-order valence-corrected chi connectivity index (χ1v) is 6.17. The molecule has 0 bridgehead atoms. The second-order valence-corrected chi connectivity index (χ2v) is 4.93. The summed E-state index contributed by atoms with van der Waals surface area (Å²) in [7, 11) is 3.38. The predicted molar refractivity (Wildman–Crippen MR) is 68.8 cm³/mol. The van der Waals surface area contributed by atoms with Gasteiger partial charge in [0.25, 0.3) is 0 Å². The van der Waals surface area contributed by atoms with Crippen LogP contribution in [0.4, 0.5) is 5.13 Å². The van der Waals surface area contributed by atoms with Crippen LogP contribution in [-0.4, -0.2) is 48.6 Å². The molecule has 0 aromatic carbocycles. The SMILES string of the molecule is COCC(C)N(C)c1nc(C(=O)O)c(C(C)=O)s1. The first-order valence-electron chi connectivity index (χ1n) is 5.35. The Bertz CT molecular complexity index is 426. The van der Waals surface area contributed by atoms with Gasteiger partial charge in [-0.1, -0.05) is 11.3 Å². The van der Waals surface area contributed by atoms with Gasteiger partial charge in [0.1, 0.15) is 4.88 Å². The summed E-state index contributed by atoms with van der Waals surface area (Å²) in [4.78, 5) is 28.3. The molecule has 0 aliphatic rings. The van der Waals surface area contributed by atoms with E-state index in [0.717, 1.165) is 11.3 Å². The number of likely N-dealkylation sites (N-methyl/N-ethyl adjacent to an activating group) is 1. The van der Waals surface area contributed by atoms with Crippen LogP contribution in [-0.2, 0) is 4.74 Å². The van der Waals surface area contributed by atoms with E-state index in [1.807, 2.05) is 6.92 Å². The summed E-state index contributed by atoms with van der Waals surface area (Å²) in [6.07, 6.45) is 0. The molecule has 0 aliphatic heterocycles. The number of carboxylic acid groups (broad SMARTS) is 1. The Morgan fingerprint density at radius 3 is 2.56 bits per heavy atom. The molecule has 1 aromatic rings. The zero-order valence-corrected chi connectivity index (χ0v) is 11.6. The Kier molecular flexibility index (Phi) is 4.80. The molecule has 1 atom stereocenters. The van der Waals surface area contributed by atoms with Gasteiger partial charge in [0, 0.05) is 21.1 Å². The number of aromatic nitrogens is 1. The second kappa shape index (κ2) is 5.92. The van der Waals surface area contributed by atoms with Crippen LogP contribution in [0.25, 0.3) is 0 Å². The lowest BCUT2D eigenvalue weighted by molar-refractivity contribution is 0.0687. The predicted octanol–water partition coefficient (Wildman–Crippen LogP) is 1.52. The summed E-state index contributed by atoms with van der Waals surface area (Å²) in [6, 6.07) is 0.0441. The third kappa shape index (κ3) is 3.05. The number of hydrogen-bond acceptors (Lipinski definition) is 6. The van der Waals surface area contributed by atoms with Gasteiger partial charge in [-0.15, -0.1) is 0 Å². The van der Waals surface area contributed by atoms with E-state index in [-0.39, 0.29) is 22.4 Å². The van der Waals surface area contributed by atoms with Crippen LogP contribution < -0.4 is 4.90 Å². The van der Waals surface area contributed by atoms with E-state index in [2.05, 4.69) is 4.98 Å². The molecular weight excluding hydrogens is 256 g/mol. The van der Waals surface area contributed by atoms with Crippen LogP contribution in [0.15, 0.2) is 0 Å². The Hall–Kier alpha value is -1.47. The van der Waals surface area contributed by atoms with Crippen LogP contribution in [0.5, 0.6) is 0 Å². The minimum absolute atomic E-state index is 0.0441. The molecule has 0 radical (unpaired) electrons. The minimum atomic E-state index is -1.18. The number of methoxy groups -OCH3 is 1.